The van der Waals surface area contributed by atoms with Crippen LogP contribution in [-0.2, 0) is 16.6 Å². The molecule has 8 nitrogen and oxygen atoms in total. The van der Waals surface area contributed by atoms with Gasteiger partial charge in [-0.25, -0.2) is 13.2 Å². The molecule has 0 aliphatic carbocycles. The van der Waals surface area contributed by atoms with E-state index in [1.165, 1.54) is 24.3 Å². The number of ether oxygens (including phenoxy) is 1. The van der Waals surface area contributed by atoms with Crippen molar-refractivity contribution >= 4 is 44.9 Å². The fourth-order valence-electron chi connectivity index (χ4n) is 3.81. The average Bonchev–Trinajstić information content (AvgIpc) is 3.28. The fraction of sp³-hybridized carbons (Fsp3) is 0.185. The first-order valence-electron chi connectivity index (χ1n) is 11.5. The van der Waals surface area contributed by atoms with Gasteiger partial charge in [-0.1, -0.05) is 48.3 Å². The molecule has 198 valence electrons. The van der Waals surface area contributed by atoms with Crippen LogP contribution in [0.4, 0.5) is 5.69 Å². The molecule has 4 aromatic rings. The largest absolute Gasteiger partial charge is 0.489 e. The highest BCUT2D eigenvalue weighted by molar-refractivity contribution is 7.92. The number of halogens is 2. The lowest BCUT2D eigenvalue weighted by Gasteiger charge is -2.14. The van der Waals surface area contributed by atoms with Gasteiger partial charge in [0, 0.05) is 11.5 Å². The van der Waals surface area contributed by atoms with Gasteiger partial charge in [-0.15, -0.1) is 0 Å². The number of rotatable bonds is 9. The van der Waals surface area contributed by atoms with Crippen molar-refractivity contribution in [3.8, 4) is 17.0 Å². The Balaban J connectivity index is 1.55. The van der Waals surface area contributed by atoms with Crippen molar-refractivity contribution in [3.63, 3.8) is 0 Å². The van der Waals surface area contributed by atoms with Gasteiger partial charge < -0.3 is 14.4 Å². The summed E-state index contributed by atoms with van der Waals surface area (Å²) in [6.07, 6.45) is 0. The van der Waals surface area contributed by atoms with E-state index in [1.54, 1.807) is 43.3 Å². The van der Waals surface area contributed by atoms with Crippen LogP contribution in [0.25, 0.3) is 11.3 Å². The van der Waals surface area contributed by atoms with E-state index in [4.69, 9.17) is 37.6 Å². The Labute approximate surface area is 230 Å². The minimum atomic E-state index is -3.93. The van der Waals surface area contributed by atoms with Gasteiger partial charge >= 0.3 is 5.97 Å². The smallest absolute Gasteiger partial charge is 0.335 e. The van der Waals surface area contributed by atoms with Crippen LogP contribution in [0.2, 0.25) is 10.0 Å². The summed E-state index contributed by atoms with van der Waals surface area (Å²) in [6.45, 7) is 5.81. The van der Waals surface area contributed by atoms with Crippen molar-refractivity contribution in [3.05, 3.63) is 93.2 Å². The van der Waals surface area contributed by atoms with E-state index in [9.17, 15) is 13.2 Å². The zero-order valence-electron chi connectivity index (χ0n) is 20.7. The minimum Gasteiger partial charge on any atom is -0.489 e. The number of anilines is 1. The highest BCUT2D eigenvalue weighted by Crippen LogP contribution is 2.39. The third-order valence-electron chi connectivity index (χ3n) is 5.78. The number of nitrogens with zero attached hydrogens (tertiary/aromatic N) is 1. The van der Waals surface area contributed by atoms with Gasteiger partial charge in [0.25, 0.3) is 10.0 Å². The number of aryl methyl sites for hydroxylation is 1. The Hall–Kier alpha value is -3.53. The molecule has 0 unspecified atom stereocenters. The second-order valence-corrected chi connectivity index (χ2v) is 11.3. The quantitative estimate of drug-likeness (QED) is 0.217. The molecule has 0 amide bonds. The van der Waals surface area contributed by atoms with Crippen LogP contribution >= 0.6 is 23.2 Å². The first-order valence-corrected chi connectivity index (χ1v) is 13.7. The molecule has 0 aliphatic rings. The van der Waals surface area contributed by atoms with Crippen LogP contribution in [0, 0.1) is 6.92 Å². The molecule has 0 radical (unpaired) electrons. The number of carbonyl (C=O) groups is 1. The molecule has 1 aromatic heterocycles. The molecule has 1 heterocycles. The number of hydrogen-bond acceptors (Lipinski definition) is 6. The number of carboxylic acid groups (broad SMARTS) is 1. The molecule has 2 N–H and O–H groups in total. The van der Waals surface area contributed by atoms with Crippen molar-refractivity contribution < 1.29 is 27.6 Å². The number of carboxylic acids is 1. The summed E-state index contributed by atoms with van der Waals surface area (Å²) in [6, 6.07) is 15.1. The number of nitrogens with one attached hydrogen (secondary N) is 1. The topological polar surface area (TPSA) is 119 Å². The summed E-state index contributed by atoms with van der Waals surface area (Å²) in [5.41, 5.74) is 2.74. The van der Waals surface area contributed by atoms with E-state index in [1.807, 2.05) is 13.8 Å². The van der Waals surface area contributed by atoms with Gasteiger partial charge in [-0.05, 0) is 67.1 Å². The molecule has 11 heteroatoms. The first kappa shape index (κ1) is 27.5. The molecule has 0 fully saturated rings. The standard InChI is InChI=1S/C27H24Cl2N2O6S/c1-15(2)26-20(25(30-37-26)24-21(28)5-4-6-22(24)29)14-36-18-9-12-23(16(3)13-18)31-38(34,35)19-10-7-17(8-11-19)27(32)33/h4-13,15,31H,14H2,1-3H3,(H,32,33). The number of aromatic nitrogens is 1. The van der Waals surface area contributed by atoms with Gasteiger partial charge in [0.2, 0.25) is 0 Å². The van der Waals surface area contributed by atoms with Crippen LogP contribution in [0.5, 0.6) is 5.75 Å². The SMILES string of the molecule is Cc1cc(OCc2c(-c3c(Cl)cccc3Cl)noc2C(C)C)ccc1NS(=O)(=O)c1ccc(C(=O)O)cc1. The number of aromatic carboxylic acids is 1. The van der Waals surface area contributed by atoms with Gasteiger partial charge in [0.05, 0.1) is 31.8 Å². The van der Waals surface area contributed by atoms with Crippen LogP contribution in [-0.4, -0.2) is 24.7 Å². The van der Waals surface area contributed by atoms with Crippen molar-refractivity contribution in [2.75, 3.05) is 4.72 Å². The lowest BCUT2D eigenvalue weighted by Crippen LogP contribution is -2.14. The van der Waals surface area contributed by atoms with Gasteiger partial charge in [0.15, 0.2) is 0 Å². The molecular formula is C27H24Cl2N2O6S. The van der Waals surface area contributed by atoms with E-state index < -0.39 is 16.0 Å². The summed E-state index contributed by atoms with van der Waals surface area (Å²) < 4.78 is 39.8. The van der Waals surface area contributed by atoms with Crippen LogP contribution in [0.3, 0.4) is 0 Å². The van der Waals surface area contributed by atoms with Crippen LogP contribution in [0.15, 0.2) is 70.1 Å². The Bertz CT molecular complexity index is 1580. The molecule has 0 saturated carbocycles. The Morgan fingerprint density at radius 1 is 1.08 bits per heavy atom. The zero-order valence-corrected chi connectivity index (χ0v) is 23.0. The molecule has 0 bridgehead atoms. The Morgan fingerprint density at radius 3 is 2.32 bits per heavy atom. The second-order valence-electron chi connectivity index (χ2n) is 8.83. The molecule has 0 saturated heterocycles. The van der Waals surface area contributed by atoms with Crippen molar-refractivity contribution in [2.24, 2.45) is 0 Å². The summed E-state index contributed by atoms with van der Waals surface area (Å²) in [5.74, 6) is 0.0377. The molecule has 4 rings (SSSR count). The van der Waals surface area contributed by atoms with Crippen molar-refractivity contribution in [2.45, 2.75) is 38.2 Å². The second kappa shape index (κ2) is 11.1. The summed E-state index contributed by atoms with van der Waals surface area (Å²) in [5, 5.41) is 14.1. The average molecular weight is 575 g/mol. The number of benzene rings is 3. The van der Waals surface area contributed by atoms with E-state index >= 15 is 0 Å². The highest BCUT2D eigenvalue weighted by atomic mass is 35.5. The third kappa shape index (κ3) is 5.80. The van der Waals surface area contributed by atoms with Crippen LogP contribution in [0.1, 0.15) is 47.0 Å². The fourth-order valence-corrected chi connectivity index (χ4v) is 5.52. The maximum absolute atomic E-state index is 12.8. The maximum Gasteiger partial charge on any atom is 0.335 e. The molecule has 0 spiro atoms. The third-order valence-corrected chi connectivity index (χ3v) is 7.79. The lowest BCUT2D eigenvalue weighted by atomic mass is 10.0. The van der Waals surface area contributed by atoms with E-state index in [-0.39, 0.29) is 23.0 Å². The zero-order chi connectivity index (χ0) is 27.6. The maximum atomic E-state index is 12.8. The number of sulfonamides is 1. The molecule has 38 heavy (non-hydrogen) atoms. The predicted molar refractivity (Wildman–Crippen MR) is 146 cm³/mol. The summed E-state index contributed by atoms with van der Waals surface area (Å²) in [7, 11) is -3.93. The van der Waals surface area contributed by atoms with Gasteiger partial charge in [-0.3, -0.25) is 4.72 Å². The highest BCUT2D eigenvalue weighted by Gasteiger charge is 2.24. The molecule has 0 aliphatic heterocycles. The normalized spacial score (nSPS) is 11.5. The summed E-state index contributed by atoms with van der Waals surface area (Å²) in [4.78, 5) is 11.0. The first-order chi connectivity index (χ1) is 18.0. The van der Waals surface area contributed by atoms with Crippen molar-refractivity contribution in [1.29, 1.82) is 0 Å². The van der Waals surface area contributed by atoms with Crippen LogP contribution < -0.4 is 9.46 Å². The molecule has 0 atom stereocenters. The molecular weight excluding hydrogens is 551 g/mol. The Morgan fingerprint density at radius 2 is 1.74 bits per heavy atom. The number of hydrogen-bond donors (Lipinski definition) is 2. The predicted octanol–water partition coefficient (Wildman–Crippen LogP) is 7.16. The Kier molecular flexibility index (Phi) is 8.01. The van der Waals surface area contributed by atoms with Gasteiger partial charge in [-0.2, -0.15) is 0 Å². The lowest BCUT2D eigenvalue weighted by molar-refractivity contribution is 0.0696. The van der Waals surface area contributed by atoms with E-state index in [0.29, 0.717) is 49.6 Å². The summed E-state index contributed by atoms with van der Waals surface area (Å²) >= 11 is 12.8. The minimum absolute atomic E-state index is 0.00459. The monoisotopic (exact) mass is 574 g/mol. The molecule has 3 aromatic carbocycles. The van der Waals surface area contributed by atoms with E-state index in [2.05, 4.69) is 9.88 Å². The van der Waals surface area contributed by atoms with Crippen molar-refractivity contribution in [1.82, 2.24) is 5.16 Å². The van der Waals surface area contributed by atoms with Gasteiger partial charge in [0.1, 0.15) is 23.8 Å². The van der Waals surface area contributed by atoms with E-state index in [0.717, 1.165) is 0 Å².